The topological polar surface area (TPSA) is 149 Å². The van der Waals surface area contributed by atoms with Gasteiger partial charge in [0, 0.05) is 30.7 Å². The van der Waals surface area contributed by atoms with Crippen LogP contribution >= 0.6 is 0 Å². The Balaban J connectivity index is 1.50. The lowest BCUT2D eigenvalue weighted by Gasteiger charge is -2.21. The molecule has 2 fully saturated rings. The highest BCUT2D eigenvalue weighted by Crippen LogP contribution is 2.45. The van der Waals surface area contributed by atoms with Crippen LogP contribution in [-0.4, -0.2) is 51.2 Å². The third kappa shape index (κ3) is 3.87. The van der Waals surface area contributed by atoms with Crippen LogP contribution in [0.1, 0.15) is 47.0 Å². The van der Waals surface area contributed by atoms with Crippen LogP contribution in [0.4, 0.5) is 18.9 Å². The van der Waals surface area contributed by atoms with Crippen LogP contribution < -0.4 is 11.5 Å². The summed E-state index contributed by atoms with van der Waals surface area (Å²) in [5.41, 5.74) is 11.9. The average molecular weight is 501 g/mol. The summed E-state index contributed by atoms with van der Waals surface area (Å²) >= 11 is 0. The van der Waals surface area contributed by atoms with Gasteiger partial charge >= 0.3 is 6.18 Å². The van der Waals surface area contributed by atoms with Gasteiger partial charge in [-0.25, -0.2) is 4.98 Å². The molecule has 2 amide bonds. The number of rotatable bonds is 5. The van der Waals surface area contributed by atoms with Gasteiger partial charge in [0.05, 0.1) is 11.4 Å². The number of hydrogen-bond acceptors (Lipinski definition) is 7. The lowest BCUT2D eigenvalue weighted by Crippen LogP contribution is -2.41. The number of carbonyl (C=O) groups is 2. The summed E-state index contributed by atoms with van der Waals surface area (Å²) in [7, 11) is 0.981. The molecule has 0 spiro atoms. The molecule has 0 bridgehead atoms. The van der Waals surface area contributed by atoms with Crippen LogP contribution in [0.25, 0.3) is 22.5 Å². The molecule has 0 unspecified atom stereocenters. The number of nitrogens with two attached hydrogens (primary N) is 2. The molecule has 0 radical (unpaired) electrons. The standard InChI is InChI=1S/C24H22F3N5O4/c1-32-17(24(25,26)27)10-23(35,22(32)34)18-9-16(31-36-18)13-4-2-3-12(7-13)15-8-14(11-5-6-11)19(28)20(30-15)21(29)33/h2-4,7-9,11,17,35H,5-6,10,28H2,1H3,(H2,29,33)/t17-,23+/m0/s1. The van der Waals surface area contributed by atoms with E-state index in [0.29, 0.717) is 21.7 Å². The van der Waals surface area contributed by atoms with Crippen molar-refractivity contribution < 1.29 is 32.4 Å². The first-order chi connectivity index (χ1) is 16.9. The number of anilines is 1. The number of likely N-dealkylation sites (N-methyl/N-ethyl adjacent to an activating group) is 1. The summed E-state index contributed by atoms with van der Waals surface area (Å²) in [6.45, 7) is 0. The maximum Gasteiger partial charge on any atom is 0.408 e. The van der Waals surface area contributed by atoms with Gasteiger partial charge in [-0.15, -0.1) is 0 Å². The Morgan fingerprint density at radius 2 is 1.86 bits per heavy atom. The molecule has 2 aliphatic rings. The Morgan fingerprint density at radius 1 is 1.19 bits per heavy atom. The number of benzene rings is 1. The van der Waals surface area contributed by atoms with Crippen LogP contribution in [0, 0.1) is 0 Å². The maximum atomic E-state index is 13.3. The highest BCUT2D eigenvalue weighted by Gasteiger charge is 2.60. The number of nitrogens with zero attached hydrogens (tertiary/aromatic N) is 3. The van der Waals surface area contributed by atoms with Gasteiger partial charge in [0.1, 0.15) is 11.7 Å². The largest absolute Gasteiger partial charge is 0.408 e. The Labute approximate surface area is 202 Å². The number of likely N-dealkylation sites (tertiary alicyclic amines) is 1. The van der Waals surface area contributed by atoms with Crippen molar-refractivity contribution >= 4 is 17.5 Å². The fourth-order valence-electron chi connectivity index (χ4n) is 4.57. The third-order valence-corrected chi connectivity index (χ3v) is 6.72. The highest BCUT2D eigenvalue weighted by molar-refractivity contribution is 5.97. The van der Waals surface area contributed by atoms with Crippen molar-refractivity contribution in [2.24, 2.45) is 5.73 Å². The van der Waals surface area contributed by atoms with E-state index in [1.54, 1.807) is 30.3 Å². The van der Waals surface area contributed by atoms with Crippen LogP contribution in [0.2, 0.25) is 0 Å². The predicted molar refractivity (Wildman–Crippen MR) is 121 cm³/mol. The zero-order valence-corrected chi connectivity index (χ0v) is 19.0. The zero-order chi connectivity index (χ0) is 26.0. The number of halogens is 3. The van der Waals surface area contributed by atoms with E-state index in [0.717, 1.165) is 25.5 Å². The number of primary amides is 1. The molecule has 12 heteroatoms. The summed E-state index contributed by atoms with van der Waals surface area (Å²) in [4.78, 5) is 29.2. The van der Waals surface area contributed by atoms with Gasteiger partial charge in [-0.1, -0.05) is 23.4 Å². The van der Waals surface area contributed by atoms with Gasteiger partial charge in [0.25, 0.3) is 11.8 Å². The fourth-order valence-corrected chi connectivity index (χ4v) is 4.57. The van der Waals surface area contributed by atoms with Crippen molar-refractivity contribution in [3.05, 3.63) is 53.4 Å². The predicted octanol–water partition coefficient (Wildman–Crippen LogP) is 2.94. The molecule has 5 N–H and O–H groups in total. The first kappa shape index (κ1) is 23.8. The normalized spacial score (nSPS) is 22.3. The van der Waals surface area contributed by atoms with Crippen molar-refractivity contribution in [3.63, 3.8) is 0 Å². The van der Waals surface area contributed by atoms with E-state index in [-0.39, 0.29) is 28.8 Å². The number of aliphatic hydroxyl groups is 1. The van der Waals surface area contributed by atoms with Crippen LogP contribution in [0.3, 0.4) is 0 Å². The number of pyridine rings is 1. The van der Waals surface area contributed by atoms with Gasteiger partial charge in [-0.2, -0.15) is 13.2 Å². The Hall–Kier alpha value is -3.93. The number of aromatic nitrogens is 2. The zero-order valence-electron chi connectivity index (χ0n) is 19.0. The highest BCUT2D eigenvalue weighted by atomic mass is 19.4. The Bertz CT molecular complexity index is 1380. The minimum atomic E-state index is -4.71. The Morgan fingerprint density at radius 3 is 2.44 bits per heavy atom. The SMILES string of the molecule is CN1C(=O)[C@](O)(c2cc(-c3cccc(-c4cc(C5CC5)c(N)c(C(N)=O)n4)c3)no2)C[C@H]1C(F)(F)F. The van der Waals surface area contributed by atoms with E-state index in [4.69, 9.17) is 16.0 Å². The molecule has 3 aromatic rings. The molecule has 3 heterocycles. The van der Waals surface area contributed by atoms with E-state index in [1.165, 1.54) is 6.07 Å². The first-order valence-electron chi connectivity index (χ1n) is 11.1. The van der Waals surface area contributed by atoms with Crippen molar-refractivity contribution in [1.29, 1.82) is 0 Å². The van der Waals surface area contributed by atoms with E-state index >= 15 is 0 Å². The molecule has 36 heavy (non-hydrogen) atoms. The number of alkyl halides is 3. The van der Waals surface area contributed by atoms with Crippen molar-refractivity contribution in [2.45, 2.75) is 43.0 Å². The minimum Gasteiger partial charge on any atom is -0.397 e. The van der Waals surface area contributed by atoms with Crippen molar-refractivity contribution in [3.8, 4) is 22.5 Å². The second kappa shape index (κ2) is 8.05. The minimum absolute atomic E-state index is 0.0196. The summed E-state index contributed by atoms with van der Waals surface area (Å²) in [5.74, 6) is -2.03. The maximum absolute atomic E-state index is 13.3. The second-order valence-electron chi connectivity index (χ2n) is 9.19. The molecule has 1 saturated carbocycles. The molecule has 1 saturated heterocycles. The van der Waals surface area contributed by atoms with Gasteiger partial charge in [-0.3, -0.25) is 9.59 Å². The average Bonchev–Trinajstić information content (AvgIpc) is 3.49. The van der Waals surface area contributed by atoms with Crippen LogP contribution in [0.15, 0.2) is 40.9 Å². The summed E-state index contributed by atoms with van der Waals surface area (Å²) in [5, 5.41) is 14.7. The molecule has 188 valence electrons. The van der Waals surface area contributed by atoms with E-state index in [1.807, 2.05) is 0 Å². The number of hydrogen-bond donors (Lipinski definition) is 3. The number of nitrogen functional groups attached to an aromatic ring is 1. The van der Waals surface area contributed by atoms with Crippen molar-refractivity contribution in [1.82, 2.24) is 15.0 Å². The number of carbonyl (C=O) groups excluding carboxylic acids is 2. The fraction of sp³-hybridized carbons (Fsp3) is 0.333. The van der Waals surface area contributed by atoms with E-state index in [9.17, 15) is 27.9 Å². The van der Waals surface area contributed by atoms with Gasteiger partial charge < -0.3 is 26.0 Å². The van der Waals surface area contributed by atoms with Gasteiger partial charge in [-0.05, 0) is 36.5 Å². The summed E-state index contributed by atoms with van der Waals surface area (Å²) in [6.07, 6.45) is -3.73. The molecule has 2 aromatic heterocycles. The third-order valence-electron chi connectivity index (χ3n) is 6.72. The monoisotopic (exact) mass is 501 g/mol. The molecular formula is C24H22F3N5O4. The first-order valence-corrected chi connectivity index (χ1v) is 11.1. The molecule has 1 aliphatic heterocycles. The molecular weight excluding hydrogens is 479 g/mol. The molecule has 1 aromatic carbocycles. The van der Waals surface area contributed by atoms with Gasteiger partial charge in [0.15, 0.2) is 11.5 Å². The molecule has 1 aliphatic carbocycles. The van der Waals surface area contributed by atoms with Crippen LogP contribution in [0.5, 0.6) is 0 Å². The summed E-state index contributed by atoms with van der Waals surface area (Å²) < 4.78 is 45.1. The van der Waals surface area contributed by atoms with Crippen LogP contribution in [-0.2, 0) is 10.4 Å². The van der Waals surface area contributed by atoms with E-state index < -0.39 is 36.1 Å². The molecule has 2 atom stereocenters. The molecule has 9 nitrogen and oxygen atoms in total. The number of amides is 2. The quantitative estimate of drug-likeness (QED) is 0.487. The lowest BCUT2D eigenvalue weighted by molar-refractivity contribution is -0.177. The van der Waals surface area contributed by atoms with E-state index in [2.05, 4.69) is 10.1 Å². The summed E-state index contributed by atoms with van der Waals surface area (Å²) in [6, 6.07) is 7.70. The smallest absolute Gasteiger partial charge is 0.397 e. The van der Waals surface area contributed by atoms with Gasteiger partial charge in [0.2, 0.25) is 5.60 Å². The Kier molecular flexibility index (Phi) is 5.32. The lowest BCUT2D eigenvalue weighted by atomic mass is 9.95. The second-order valence-corrected chi connectivity index (χ2v) is 9.19. The van der Waals surface area contributed by atoms with Crippen molar-refractivity contribution in [2.75, 3.05) is 12.8 Å². The molecule has 5 rings (SSSR count).